The van der Waals surface area contributed by atoms with E-state index in [9.17, 15) is 9.59 Å². The molecule has 1 rings (SSSR count). The molecule has 1 aromatic rings. The Morgan fingerprint density at radius 1 is 1.42 bits per heavy atom. The van der Waals surface area contributed by atoms with Crippen molar-refractivity contribution < 1.29 is 14.7 Å². The molecule has 1 unspecified atom stereocenters. The number of aryl methyl sites for hydroxylation is 2. The molecule has 1 atom stereocenters. The summed E-state index contributed by atoms with van der Waals surface area (Å²) in [7, 11) is 0. The first-order valence-corrected chi connectivity index (χ1v) is 7.33. The van der Waals surface area contributed by atoms with Gasteiger partial charge in [-0.3, -0.25) is 9.59 Å². The van der Waals surface area contributed by atoms with Crippen molar-refractivity contribution in [1.29, 1.82) is 0 Å². The van der Waals surface area contributed by atoms with Crippen LogP contribution in [0.5, 0.6) is 0 Å². The van der Waals surface area contributed by atoms with Gasteiger partial charge in [-0.25, -0.2) is 0 Å². The quantitative estimate of drug-likeness (QED) is 0.770. The second-order valence-electron chi connectivity index (χ2n) is 4.87. The lowest BCUT2D eigenvalue weighted by Gasteiger charge is -2.10. The molecular weight excluding hydrogens is 262 g/mol. The first-order chi connectivity index (χ1) is 8.97. The van der Waals surface area contributed by atoms with Gasteiger partial charge in [0, 0.05) is 29.1 Å². The lowest BCUT2D eigenvalue weighted by molar-refractivity contribution is -0.138. The van der Waals surface area contributed by atoms with Crippen LogP contribution in [0.4, 0.5) is 0 Å². The van der Waals surface area contributed by atoms with Gasteiger partial charge in [0.25, 0.3) is 0 Å². The number of carboxylic acids is 1. The Labute approximate surface area is 117 Å². The number of carboxylic acid groups (broad SMARTS) is 1. The molecule has 5 heteroatoms. The van der Waals surface area contributed by atoms with Crippen molar-refractivity contribution in [2.45, 2.75) is 39.5 Å². The van der Waals surface area contributed by atoms with Crippen molar-refractivity contribution in [2.75, 3.05) is 6.54 Å². The Morgan fingerprint density at radius 2 is 2.16 bits per heavy atom. The molecule has 1 heterocycles. The Balaban J connectivity index is 2.12. The molecule has 106 valence electrons. The number of amides is 1. The highest BCUT2D eigenvalue weighted by molar-refractivity contribution is 7.11. The number of thiophene rings is 1. The van der Waals surface area contributed by atoms with E-state index in [1.54, 1.807) is 11.3 Å². The van der Waals surface area contributed by atoms with Crippen LogP contribution in [0.15, 0.2) is 12.1 Å². The highest BCUT2D eigenvalue weighted by atomic mass is 32.1. The molecule has 0 aromatic carbocycles. The van der Waals surface area contributed by atoms with Gasteiger partial charge >= 0.3 is 5.97 Å². The van der Waals surface area contributed by atoms with Crippen LogP contribution in [-0.2, 0) is 16.0 Å². The van der Waals surface area contributed by atoms with Crippen molar-refractivity contribution in [3.05, 3.63) is 21.9 Å². The molecular formula is C14H21NO3S. The van der Waals surface area contributed by atoms with Crippen molar-refractivity contribution in [3.63, 3.8) is 0 Å². The lowest BCUT2D eigenvalue weighted by Crippen LogP contribution is -2.29. The third kappa shape index (κ3) is 6.96. The van der Waals surface area contributed by atoms with Crippen LogP contribution in [0, 0.1) is 12.8 Å². The number of hydrogen-bond acceptors (Lipinski definition) is 3. The molecule has 2 N–H and O–H groups in total. The summed E-state index contributed by atoms with van der Waals surface area (Å²) >= 11 is 1.77. The average molecular weight is 283 g/mol. The van der Waals surface area contributed by atoms with Crippen molar-refractivity contribution in [1.82, 2.24) is 5.32 Å². The molecule has 0 saturated heterocycles. The average Bonchev–Trinajstić information content (AvgIpc) is 2.71. The lowest BCUT2D eigenvalue weighted by atomic mass is 10.1. The predicted molar refractivity (Wildman–Crippen MR) is 76.4 cm³/mol. The minimum atomic E-state index is -0.824. The smallest absolute Gasteiger partial charge is 0.303 e. The third-order valence-electron chi connectivity index (χ3n) is 2.79. The number of carbonyl (C=O) groups is 2. The minimum absolute atomic E-state index is 0.00511. The summed E-state index contributed by atoms with van der Waals surface area (Å²) in [6, 6.07) is 4.19. The maximum absolute atomic E-state index is 11.6. The zero-order valence-electron chi connectivity index (χ0n) is 11.4. The fourth-order valence-electron chi connectivity index (χ4n) is 1.79. The maximum Gasteiger partial charge on any atom is 0.303 e. The molecule has 0 bridgehead atoms. The van der Waals surface area contributed by atoms with E-state index in [4.69, 9.17) is 5.11 Å². The summed E-state index contributed by atoms with van der Waals surface area (Å²) in [6.07, 6.45) is 2.35. The van der Waals surface area contributed by atoms with Gasteiger partial charge in [0.1, 0.15) is 0 Å². The van der Waals surface area contributed by atoms with E-state index in [0.717, 1.165) is 12.8 Å². The summed E-state index contributed by atoms with van der Waals surface area (Å²) in [5.41, 5.74) is 0. The molecule has 0 aliphatic rings. The van der Waals surface area contributed by atoms with Gasteiger partial charge in [-0.15, -0.1) is 11.3 Å². The van der Waals surface area contributed by atoms with Crippen LogP contribution in [-0.4, -0.2) is 23.5 Å². The Bertz CT molecular complexity index is 428. The van der Waals surface area contributed by atoms with Gasteiger partial charge in [0.05, 0.1) is 0 Å². The van der Waals surface area contributed by atoms with Gasteiger partial charge in [0.2, 0.25) is 5.91 Å². The molecule has 0 fully saturated rings. The molecule has 1 aromatic heterocycles. The summed E-state index contributed by atoms with van der Waals surface area (Å²) in [6.45, 7) is 4.33. The maximum atomic E-state index is 11.6. The molecule has 4 nitrogen and oxygen atoms in total. The van der Waals surface area contributed by atoms with Crippen LogP contribution in [0.3, 0.4) is 0 Å². The minimum Gasteiger partial charge on any atom is -0.481 e. The first-order valence-electron chi connectivity index (χ1n) is 6.51. The second kappa shape index (κ2) is 7.94. The standard InChI is InChI=1S/C14H21NO3S/c1-10(8-14(17)18)9-15-13(16)5-3-4-12-7-6-11(2)19-12/h6-7,10H,3-5,8-9H2,1-2H3,(H,15,16)(H,17,18). The Hall–Kier alpha value is -1.36. The summed E-state index contributed by atoms with van der Waals surface area (Å²) < 4.78 is 0. The summed E-state index contributed by atoms with van der Waals surface area (Å²) in [4.78, 5) is 24.7. The van der Waals surface area contributed by atoms with Crippen molar-refractivity contribution in [3.8, 4) is 0 Å². The van der Waals surface area contributed by atoms with E-state index in [2.05, 4.69) is 24.4 Å². The monoisotopic (exact) mass is 283 g/mol. The molecule has 1 amide bonds. The molecule has 0 aliphatic carbocycles. The van der Waals surface area contributed by atoms with Crippen LogP contribution < -0.4 is 5.32 Å². The largest absolute Gasteiger partial charge is 0.481 e. The number of carbonyl (C=O) groups excluding carboxylic acids is 1. The van der Waals surface area contributed by atoms with Crippen LogP contribution in [0.25, 0.3) is 0 Å². The third-order valence-corrected chi connectivity index (χ3v) is 3.85. The fourth-order valence-corrected chi connectivity index (χ4v) is 2.72. The molecule has 19 heavy (non-hydrogen) atoms. The van der Waals surface area contributed by atoms with Gasteiger partial charge in [-0.2, -0.15) is 0 Å². The highest BCUT2D eigenvalue weighted by Crippen LogP contribution is 2.17. The fraction of sp³-hybridized carbons (Fsp3) is 0.571. The van der Waals surface area contributed by atoms with E-state index in [0.29, 0.717) is 13.0 Å². The summed E-state index contributed by atoms with van der Waals surface area (Å²) in [5.74, 6) is -0.846. The zero-order valence-corrected chi connectivity index (χ0v) is 12.3. The summed E-state index contributed by atoms with van der Waals surface area (Å²) in [5, 5.41) is 11.4. The van der Waals surface area contributed by atoms with Crippen molar-refractivity contribution >= 4 is 23.2 Å². The van der Waals surface area contributed by atoms with Crippen LogP contribution in [0.2, 0.25) is 0 Å². The Morgan fingerprint density at radius 3 is 2.74 bits per heavy atom. The van der Waals surface area contributed by atoms with E-state index in [1.807, 2.05) is 6.92 Å². The zero-order chi connectivity index (χ0) is 14.3. The van der Waals surface area contributed by atoms with Gasteiger partial charge in [-0.1, -0.05) is 6.92 Å². The van der Waals surface area contributed by atoms with Gasteiger partial charge < -0.3 is 10.4 Å². The number of aliphatic carboxylic acids is 1. The van der Waals surface area contributed by atoms with Crippen LogP contribution >= 0.6 is 11.3 Å². The van der Waals surface area contributed by atoms with Crippen molar-refractivity contribution in [2.24, 2.45) is 5.92 Å². The molecule has 0 saturated carbocycles. The number of hydrogen-bond donors (Lipinski definition) is 2. The Kier molecular flexibility index (Phi) is 6.56. The second-order valence-corrected chi connectivity index (χ2v) is 6.25. The highest BCUT2D eigenvalue weighted by Gasteiger charge is 2.09. The van der Waals surface area contributed by atoms with E-state index in [1.165, 1.54) is 9.75 Å². The molecule has 0 spiro atoms. The first kappa shape index (κ1) is 15.7. The number of rotatable bonds is 8. The number of nitrogens with one attached hydrogen (secondary N) is 1. The topological polar surface area (TPSA) is 66.4 Å². The molecule has 0 aliphatic heterocycles. The SMILES string of the molecule is Cc1ccc(CCCC(=O)NCC(C)CC(=O)O)s1. The normalized spacial score (nSPS) is 12.1. The van der Waals surface area contributed by atoms with E-state index in [-0.39, 0.29) is 18.2 Å². The molecule has 0 radical (unpaired) electrons. The van der Waals surface area contributed by atoms with Crippen LogP contribution in [0.1, 0.15) is 35.9 Å². The van der Waals surface area contributed by atoms with Gasteiger partial charge in [0.15, 0.2) is 0 Å². The van der Waals surface area contributed by atoms with E-state index >= 15 is 0 Å². The predicted octanol–water partition coefficient (Wildman–Crippen LogP) is 2.61. The van der Waals surface area contributed by atoms with E-state index < -0.39 is 5.97 Å². The van der Waals surface area contributed by atoms with Gasteiger partial charge in [-0.05, 0) is 37.8 Å².